The van der Waals surface area contributed by atoms with Crippen LogP contribution in [0.15, 0.2) is 30.3 Å². The van der Waals surface area contributed by atoms with Crippen LogP contribution in [0.25, 0.3) is 0 Å². The third-order valence-corrected chi connectivity index (χ3v) is 4.78. The van der Waals surface area contributed by atoms with E-state index in [2.05, 4.69) is 77.3 Å². The number of para-hydroxylation sites is 1. The van der Waals surface area contributed by atoms with Crippen molar-refractivity contribution >= 4 is 5.69 Å². The zero-order valence-corrected chi connectivity index (χ0v) is 15.0. The molecule has 21 heavy (non-hydrogen) atoms. The maximum absolute atomic E-state index is 2.55. The van der Waals surface area contributed by atoms with Gasteiger partial charge in [-0.2, -0.15) is 0 Å². The lowest BCUT2D eigenvalue weighted by Gasteiger charge is -2.35. The maximum Gasteiger partial charge on any atom is 0.0960 e. The highest BCUT2D eigenvalue weighted by Crippen LogP contribution is 2.14. The molecule has 0 amide bonds. The van der Waals surface area contributed by atoms with E-state index in [1.807, 2.05) is 0 Å². The molecule has 0 saturated heterocycles. The van der Waals surface area contributed by atoms with Crippen LogP contribution in [0.5, 0.6) is 0 Å². The number of benzene rings is 1. The van der Waals surface area contributed by atoms with E-state index >= 15 is 0 Å². The fourth-order valence-corrected chi connectivity index (χ4v) is 2.11. The normalized spacial score (nSPS) is 12.5. The van der Waals surface area contributed by atoms with Crippen LogP contribution in [-0.4, -0.2) is 76.4 Å². The van der Waals surface area contributed by atoms with Gasteiger partial charge in [0.05, 0.1) is 67.5 Å². The molecule has 0 aliphatic carbocycles. The van der Waals surface area contributed by atoms with Gasteiger partial charge in [0.2, 0.25) is 0 Å². The zero-order chi connectivity index (χ0) is 15.9. The summed E-state index contributed by atoms with van der Waals surface area (Å²) in [5.74, 6) is 0. The molecule has 0 aliphatic heterocycles. The second-order valence-corrected chi connectivity index (χ2v) is 7.27. The molecule has 1 aromatic carbocycles. The van der Waals surface area contributed by atoms with E-state index in [0.29, 0.717) is 0 Å². The van der Waals surface area contributed by atoms with Gasteiger partial charge in [-0.15, -0.1) is 0 Å². The summed E-state index contributed by atoms with van der Waals surface area (Å²) < 4.78 is 2.16. The van der Waals surface area contributed by atoms with Crippen molar-refractivity contribution in [1.82, 2.24) is 0 Å². The zero-order valence-electron chi connectivity index (χ0n) is 15.0. The predicted molar refractivity (Wildman–Crippen MR) is 93.7 cm³/mol. The Bertz CT molecular complexity index is 378. The molecule has 0 radical (unpaired) electrons. The van der Waals surface area contributed by atoms with Crippen molar-refractivity contribution in [2.45, 2.75) is 13.8 Å². The summed E-state index contributed by atoms with van der Waals surface area (Å²) in [7, 11) is 9.26. The van der Waals surface area contributed by atoms with E-state index in [9.17, 15) is 0 Å². The van der Waals surface area contributed by atoms with Gasteiger partial charge in [0, 0.05) is 5.69 Å². The number of hydrogen-bond donors (Lipinski definition) is 0. The Morgan fingerprint density at radius 1 is 0.762 bits per heavy atom. The van der Waals surface area contributed by atoms with Gasteiger partial charge in [0.15, 0.2) is 0 Å². The van der Waals surface area contributed by atoms with Crippen LogP contribution in [0, 0.1) is 0 Å². The van der Waals surface area contributed by atoms with Gasteiger partial charge < -0.3 is 13.9 Å². The molecule has 0 N–H and O–H groups in total. The molecule has 1 aromatic rings. The Hall–Kier alpha value is -1.06. The van der Waals surface area contributed by atoms with Crippen LogP contribution in [0.3, 0.4) is 0 Å². The number of rotatable bonds is 9. The van der Waals surface area contributed by atoms with Crippen molar-refractivity contribution in [3.05, 3.63) is 30.3 Å². The monoisotopic (exact) mass is 293 g/mol. The first kappa shape index (κ1) is 18.0. The van der Waals surface area contributed by atoms with Crippen LogP contribution in [0.4, 0.5) is 5.69 Å². The third-order valence-electron chi connectivity index (χ3n) is 4.78. The average Bonchev–Trinajstić information content (AvgIpc) is 2.48. The van der Waals surface area contributed by atoms with E-state index in [0.717, 1.165) is 22.1 Å². The van der Waals surface area contributed by atoms with Crippen LogP contribution < -0.4 is 4.90 Å². The molecule has 0 unspecified atom stereocenters. The highest BCUT2D eigenvalue weighted by atomic mass is 15.3. The highest BCUT2D eigenvalue weighted by molar-refractivity contribution is 5.45. The van der Waals surface area contributed by atoms with Crippen molar-refractivity contribution in [2.24, 2.45) is 0 Å². The predicted octanol–water partition coefficient (Wildman–Crippen LogP) is 2.69. The average molecular weight is 293 g/mol. The Labute approximate surface area is 132 Å². The largest absolute Gasteiger partial charge is 0.360 e. The molecule has 120 valence electrons. The maximum atomic E-state index is 2.55. The number of hydrogen-bond acceptors (Lipinski definition) is 1. The topological polar surface area (TPSA) is 3.24 Å². The molecule has 0 aliphatic rings. The van der Waals surface area contributed by atoms with Crippen LogP contribution in [-0.2, 0) is 0 Å². The minimum absolute atomic E-state index is 1.08. The van der Waals surface area contributed by atoms with E-state index in [1.54, 1.807) is 0 Å². The van der Waals surface area contributed by atoms with Gasteiger partial charge in [-0.05, 0) is 26.0 Å². The van der Waals surface area contributed by atoms with Gasteiger partial charge in [0.25, 0.3) is 0 Å². The van der Waals surface area contributed by atoms with Crippen LogP contribution in [0.1, 0.15) is 13.8 Å². The van der Waals surface area contributed by atoms with Crippen molar-refractivity contribution in [2.75, 3.05) is 72.4 Å². The van der Waals surface area contributed by atoms with E-state index in [-0.39, 0.29) is 0 Å². The SMILES string of the molecule is CC[N+](C)(C)CCN(CC[N+](C)(C)CC)c1ccccc1. The van der Waals surface area contributed by atoms with Gasteiger partial charge in [-0.1, -0.05) is 18.2 Å². The number of likely N-dealkylation sites (N-methyl/N-ethyl adjacent to an activating group) is 2. The van der Waals surface area contributed by atoms with Crippen molar-refractivity contribution in [1.29, 1.82) is 0 Å². The molecule has 0 heterocycles. The summed E-state index contributed by atoms with van der Waals surface area (Å²) in [5.41, 5.74) is 1.35. The third kappa shape index (κ3) is 6.49. The Morgan fingerprint density at radius 2 is 1.19 bits per heavy atom. The fourth-order valence-electron chi connectivity index (χ4n) is 2.11. The van der Waals surface area contributed by atoms with Crippen LogP contribution >= 0.6 is 0 Å². The lowest BCUT2D eigenvalue weighted by molar-refractivity contribution is -0.888. The Morgan fingerprint density at radius 3 is 1.57 bits per heavy atom. The molecule has 0 aromatic heterocycles. The summed E-state index contributed by atoms with van der Waals surface area (Å²) in [6, 6.07) is 10.8. The molecule has 1 rings (SSSR count). The second kappa shape index (κ2) is 7.81. The van der Waals surface area contributed by atoms with Gasteiger partial charge in [-0.3, -0.25) is 0 Å². The summed E-state index contributed by atoms with van der Waals surface area (Å²) >= 11 is 0. The van der Waals surface area contributed by atoms with Crippen molar-refractivity contribution in [3.8, 4) is 0 Å². The number of nitrogens with zero attached hydrogens (tertiary/aromatic N) is 3. The van der Waals surface area contributed by atoms with E-state index < -0.39 is 0 Å². The van der Waals surface area contributed by atoms with E-state index in [1.165, 1.54) is 31.9 Å². The first-order valence-corrected chi connectivity index (χ1v) is 8.23. The molecule has 0 atom stereocenters. The van der Waals surface area contributed by atoms with E-state index in [4.69, 9.17) is 0 Å². The Kier molecular flexibility index (Phi) is 6.69. The minimum Gasteiger partial charge on any atom is -0.360 e. The summed E-state index contributed by atoms with van der Waals surface area (Å²) in [6.07, 6.45) is 0. The number of anilines is 1. The van der Waals surface area contributed by atoms with Gasteiger partial charge >= 0.3 is 0 Å². The minimum atomic E-state index is 1.08. The first-order valence-electron chi connectivity index (χ1n) is 8.23. The van der Waals surface area contributed by atoms with Gasteiger partial charge in [0.1, 0.15) is 0 Å². The standard InChI is InChI=1S/C18H35N3/c1-7-20(3,4)16-14-19(15-17-21(5,6)8-2)18-12-10-9-11-13-18/h9-13H,7-8,14-17H2,1-6H3/q+2. The lowest BCUT2D eigenvalue weighted by Crippen LogP contribution is -2.49. The molecule has 3 heteroatoms. The molecule has 0 spiro atoms. The van der Waals surface area contributed by atoms with Crippen LogP contribution in [0.2, 0.25) is 0 Å². The highest BCUT2D eigenvalue weighted by Gasteiger charge is 2.18. The smallest absolute Gasteiger partial charge is 0.0960 e. The van der Waals surface area contributed by atoms with Crippen molar-refractivity contribution < 1.29 is 8.97 Å². The Balaban J connectivity index is 2.72. The molecule has 0 saturated carbocycles. The summed E-state index contributed by atoms with van der Waals surface area (Å²) in [4.78, 5) is 2.55. The number of quaternary nitrogens is 2. The summed E-state index contributed by atoms with van der Waals surface area (Å²) in [6.45, 7) is 11.5. The molecule has 0 fully saturated rings. The first-order chi connectivity index (χ1) is 9.79. The van der Waals surface area contributed by atoms with Gasteiger partial charge in [-0.25, -0.2) is 0 Å². The lowest BCUT2D eigenvalue weighted by atomic mass is 10.2. The fraction of sp³-hybridized carbons (Fsp3) is 0.667. The summed E-state index contributed by atoms with van der Waals surface area (Å²) in [5, 5.41) is 0. The molecule has 0 bridgehead atoms. The molecular weight excluding hydrogens is 258 g/mol. The van der Waals surface area contributed by atoms with Crippen molar-refractivity contribution in [3.63, 3.8) is 0 Å². The quantitative estimate of drug-likeness (QED) is 0.633. The molecule has 3 nitrogen and oxygen atoms in total. The molecular formula is C18H35N3+2. The second-order valence-electron chi connectivity index (χ2n) is 7.27.